The van der Waals surface area contributed by atoms with Crippen LogP contribution in [-0.4, -0.2) is 13.9 Å². The van der Waals surface area contributed by atoms with Crippen LogP contribution in [0.25, 0.3) is 0 Å². The van der Waals surface area contributed by atoms with Gasteiger partial charge in [-0.1, -0.05) is 13.8 Å². The summed E-state index contributed by atoms with van der Waals surface area (Å²) in [6, 6.07) is 2.91. The molecule has 0 aliphatic rings. The minimum absolute atomic E-state index is 0.124. The Hall–Kier alpha value is -0.810. The van der Waals surface area contributed by atoms with Crippen molar-refractivity contribution in [1.82, 2.24) is 9.71 Å². The van der Waals surface area contributed by atoms with Gasteiger partial charge >= 0.3 is 0 Å². The summed E-state index contributed by atoms with van der Waals surface area (Å²) in [5.41, 5.74) is 0.729. The van der Waals surface area contributed by atoms with E-state index in [1.54, 1.807) is 6.07 Å². The first kappa shape index (κ1) is 16.2. The summed E-state index contributed by atoms with van der Waals surface area (Å²) < 4.78 is 27.9. The van der Waals surface area contributed by atoms with Crippen molar-refractivity contribution in [1.29, 1.82) is 0 Å². The standard InChI is InChI=1S/C14H23FN2OS/c1-10(2)8-13(17-19(18)14(3,4)5)12-7-6-11(15)9-16-12/h6-7,9-10,13,17H,8H2,1-5H3/t13-,19?/m1/s1. The molecule has 0 spiro atoms. The maximum Gasteiger partial charge on any atom is 0.141 e. The molecule has 1 unspecified atom stereocenters. The molecule has 1 aromatic rings. The van der Waals surface area contributed by atoms with Crippen molar-refractivity contribution in [3.05, 3.63) is 29.8 Å². The van der Waals surface area contributed by atoms with E-state index in [0.29, 0.717) is 5.92 Å². The third kappa shape index (κ3) is 5.37. The van der Waals surface area contributed by atoms with E-state index in [9.17, 15) is 8.60 Å². The lowest BCUT2D eigenvalue weighted by Crippen LogP contribution is -2.36. The number of pyridine rings is 1. The van der Waals surface area contributed by atoms with Crippen LogP contribution in [0.3, 0.4) is 0 Å². The highest BCUT2D eigenvalue weighted by Gasteiger charge is 2.24. The largest absolute Gasteiger partial charge is 0.257 e. The van der Waals surface area contributed by atoms with Gasteiger partial charge in [-0.3, -0.25) is 4.98 Å². The first-order valence-electron chi connectivity index (χ1n) is 6.49. The minimum Gasteiger partial charge on any atom is -0.257 e. The molecule has 5 heteroatoms. The number of hydrogen-bond acceptors (Lipinski definition) is 2. The van der Waals surface area contributed by atoms with Crippen molar-refractivity contribution in [3.8, 4) is 0 Å². The molecule has 0 bridgehead atoms. The highest BCUT2D eigenvalue weighted by Crippen LogP contribution is 2.22. The monoisotopic (exact) mass is 286 g/mol. The summed E-state index contributed by atoms with van der Waals surface area (Å²) in [7, 11) is -1.17. The molecular formula is C14H23FN2OS. The summed E-state index contributed by atoms with van der Waals surface area (Å²) >= 11 is 0. The van der Waals surface area contributed by atoms with Gasteiger partial charge in [-0.05, 0) is 45.2 Å². The quantitative estimate of drug-likeness (QED) is 0.902. The van der Waals surface area contributed by atoms with Crippen LogP contribution in [0.4, 0.5) is 4.39 Å². The van der Waals surface area contributed by atoms with Crippen molar-refractivity contribution in [3.63, 3.8) is 0 Å². The van der Waals surface area contributed by atoms with Gasteiger partial charge in [0.15, 0.2) is 0 Å². The maximum absolute atomic E-state index is 12.9. The fourth-order valence-corrected chi connectivity index (χ4v) is 2.43. The molecule has 1 heterocycles. The van der Waals surface area contributed by atoms with Gasteiger partial charge in [0.1, 0.15) is 5.82 Å². The Bertz CT molecular complexity index is 426. The van der Waals surface area contributed by atoms with Gasteiger partial charge in [-0.2, -0.15) is 0 Å². The zero-order valence-electron chi connectivity index (χ0n) is 12.2. The van der Waals surface area contributed by atoms with Crippen LogP contribution < -0.4 is 4.72 Å². The van der Waals surface area contributed by atoms with Crippen LogP contribution in [0.5, 0.6) is 0 Å². The second-order valence-corrected chi connectivity index (χ2v) is 8.08. The minimum atomic E-state index is -1.17. The van der Waals surface area contributed by atoms with E-state index in [1.807, 2.05) is 20.8 Å². The molecule has 1 aromatic heterocycles. The molecule has 0 saturated heterocycles. The fourth-order valence-electron chi connectivity index (χ4n) is 1.60. The van der Waals surface area contributed by atoms with E-state index in [1.165, 1.54) is 12.3 Å². The number of halogens is 1. The highest BCUT2D eigenvalue weighted by molar-refractivity contribution is 7.84. The first-order valence-corrected chi connectivity index (χ1v) is 7.64. The summed E-state index contributed by atoms with van der Waals surface area (Å²) in [6.07, 6.45) is 2.00. The number of nitrogens with one attached hydrogen (secondary N) is 1. The normalized spacial score (nSPS) is 15.5. The Balaban J connectivity index is 2.89. The van der Waals surface area contributed by atoms with Crippen molar-refractivity contribution in [2.45, 2.75) is 51.8 Å². The molecule has 0 aliphatic carbocycles. The van der Waals surface area contributed by atoms with Crippen molar-refractivity contribution < 1.29 is 8.60 Å². The van der Waals surface area contributed by atoms with Crippen LogP contribution in [0.1, 0.15) is 52.8 Å². The molecule has 108 valence electrons. The predicted octanol–water partition coefficient (Wildman–Crippen LogP) is 3.36. The molecule has 1 rings (SSSR count). The Morgan fingerprint density at radius 2 is 2.00 bits per heavy atom. The van der Waals surface area contributed by atoms with E-state index in [0.717, 1.165) is 12.1 Å². The van der Waals surface area contributed by atoms with Crippen molar-refractivity contribution in [2.75, 3.05) is 0 Å². The van der Waals surface area contributed by atoms with E-state index < -0.39 is 11.0 Å². The lowest BCUT2D eigenvalue weighted by atomic mass is 10.0. The lowest BCUT2D eigenvalue weighted by Gasteiger charge is -2.25. The first-order chi connectivity index (χ1) is 8.70. The Kier molecular flexibility index (Phi) is 5.62. The predicted molar refractivity (Wildman–Crippen MR) is 77.4 cm³/mol. The van der Waals surface area contributed by atoms with Crippen molar-refractivity contribution >= 4 is 11.0 Å². The molecule has 0 aliphatic heterocycles. The maximum atomic E-state index is 12.9. The molecule has 19 heavy (non-hydrogen) atoms. The Morgan fingerprint density at radius 3 is 2.42 bits per heavy atom. The summed E-state index contributed by atoms with van der Waals surface area (Å²) in [5.74, 6) is 0.0744. The van der Waals surface area contributed by atoms with Gasteiger partial charge < -0.3 is 0 Å². The number of hydrogen-bond donors (Lipinski definition) is 1. The molecule has 0 amide bonds. The van der Waals surface area contributed by atoms with Gasteiger partial charge in [-0.25, -0.2) is 13.3 Å². The average molecular weight is 286 g/mol. The summed E-state index contributed by atoms with van der Waals surface area (Å²) in [6.45, 7) is 9.94. The summed E-state index contributed by atoms with van der Waals surface area (Å²) in [5, 5.41) is 0. The Labute approximate surface area is 117 Å². The molecule has 2 atom stereocenters. The topological polar surface area (TPSA) is 42.0 Å². The van der Waals surface area contributed by atoms with Crippen LogP contribution in [0, 0.1) is 11.7 Å². The van der Waals surface area contributed by atoms with E-state index in [-0.39, 0.29) is 16.6 Å². The fraction of sp³-hybridized carbons (Fsp3) is 0.643. The van der Waals surface area contributed by atoms with Gasteiger partial charge in [0.25, 0.3) is 0 Å². The molecular weight excluding hydrogens is 263 g/mol. The number of nitrogens with zero attached hydrogens (tertiary/aromatic N) is 1. The molecule has 1 N–H and O–H groups in total. The number of rotatable bonds is 5. The van der Waals surface area contributed by atoms with E-state index in [4.69, 9.17) is 0 Å². The van der Waals surface area contributed by atoms with Crippen LogP contribution >= 0.6 is 0 Å². The van der Waals surface area contributed by atoms with Crippen molar-refractivity contribution in [2.24, 2.45) is 5.92 Å². The van der Waals surface area contributed by atoms with Crippen LogP contribution in [0.15, 0.2) is 18.3 Å². The zero-order valence-corrected chi connectivity index (χ0v) is 13.1. The van der Waals surface area contributed by atoms with E-state index >= 15 is 0 Å². The summed E-state index contributed by atoms with van der Waals surface area (Å²) in [4.78, 5) is 4.09. The molecule has 0 radical (unpaired) electrons. The lowest BCUT2D eigenvalue weighted by molar-refractivity contribution is 0.471. The smallest absolute Gasteiger partial charge is 0.141 e. The van der Waals surface area contributed by atoms with Gasteiger partial charge in [0, 0.05) is 0 Å². The number of aromatic nitrogens is 1. The Morgan fingerprint density at radius 1 is 1.37 bits per heavy atom. The third-order valence-corrected chi connectivity index (χ3v) is 4.23. The second kappa shape index (κ2) is 6.57. The van der Waals surface area contributed by atoms with Gasteiger partial charge in [0.05, 0.1) is 33.7 Å². The van der Waals surface area contributed by atoms with E-state index in [2.05, 4.69) is 23.6 Å². The average Bonchev–Trinajstić information content (AvgIpc) is 2.27. The molecule has 0 saturated carbocycles. The molecule has 0 fully saturated rings. The van der Waals surface area contributed by atoms with Gasteiger partial charge in [-0.15, -0.1) is 0 Å². The SMILES string of the molecule is CC(C)C[C@@H](NS(=O)C(C)(C)C)c1ccc(F)cn1. The highest BCUT2D eigenvalue weighted by atomic mass is 32.2. The van der Waals surface area contributed by atoms with Gasteiger partial charge in [0.2, 0.25) is 0 Å². The molecule has 3 nitrogen and oxygen atoms in total. The second-order valence-electron chi connectivity index (χ2n) is 6.08. The zero-order chi connectivity index (χ0) is 14.6. The third-order valence-electron chi connectivity index (χ3n) is 2.62. The molecule has 0 aromatic carbocycles. The van der Waals surface area contributed by atoms with Crippen LogP contribution in [0.2, 0.25) is 0 Å². The van der Waals surface area contributed by atoms with Crippen LogP contribution in [-0.2, 0) is 11.0 Å².